The van der Waals surface area contributed by atoms with Gasteiger partial charge in [-0.15, -0.1) is 0 Å². The fraction of sp³-hybridized carbons (Fsp3) is 1.00. The zero-order valence-electron chi connectivity index (χ0n) is 12.7. The summed E-state index contributed by atoms with van der Waals surface area (Å²) in [4.78, 5) is 2.59. The number of aliphatic hydroxyl groups excluding tert-OH is 1. The van der Waals surface area contributed by atoms with Gasteiger partial charge in [-0.2, -0.15) is 0 Å². The van der Waals surface area contributed by atoms with E-state index in [9.17, 15) is 5.11 Å². The first-order chi connectivity index (χ1) is 8.63. The van der Waals surface area contributed by atoms with Gasteiger partial charge >= 0.3 is 0 Å². The smallest absolute Gasteiger partial charge is 0.0499 e. The van der Waals surface area contributed by atoms with Gasteiger partial charge in [-0.3, -0.25) is 0 Å². The van der Waals surface area contributed by atoms with E-state index in [0.717, 1.165) is 6.54 Å². The summed E-state index contributed by atoms with van der Waals surface area (Å²) in [5.41, 5.74) is 0.203. The van der Waals surface area contributed by atoms with Gasteiger partial charge in [0.25, 0.3) is 0 Å². The molecular weight excluding hydrogens is 222 g/mol. The number of rotatable bonds is 8. The standard InChI is InChI=1S/C16H33NO/c1-4-5-9-12-17(15(2)3)13-16(14-18)10-7-6-8-11-16/h15,18H,4-14H2,1-3H3. The summed E-state index contributed by atoms with van der Waals surface area (Å²) in [6.07, 6.45) is 10.3. The van der Waals surface area contributed by atoms with E-state index in [-0.39, 0.29) is 5.41 Å². The van der Waals surface area contributed by atoms with Gasteiger partial charge in [0.15, 0.2) is 0 Å². The van der Waals surface area contributed by atoms with Crippen LogP contribution in [0.4, 0.5) is 0 Å². The molecule has 108 valence electrons. The molecule has 2 heteroatoms. The molecule has 0 bridgehead atoms. The van der Waals surface area contributed by atoms with E-state index in [2.05, 4.69) is 25.7 Å². The Bertz CT molecular complexity index is 209. The lowest BCUT2D eigenvalue weighted by molar-refractivity contribution is 0.0294. The summed E-state index contributed by atoms with van der Waals surface area (Å²) in [5, 5.41) is 9.82. The fourth-order valence-corrected chi connectivity index (χ4v) is 3.18. The third-order valence-corrected chi connectivity index (χ3v) is 4.57. The van der Waals surface area contributed by atoms with E-state index >= 15 is 0 Å². The van der Waals surface area contributed by atoms with E-state index in [1.165, 1.54) is 57.9 Å². The summed E-state index contributed by atoms with van der Waals surface area (Å²) in [7, 11) is 0. The van der Waals surface area contributed by atoms with Crippen molar-refractivity contribution in [3.8, 4) is 0 Å². The molecule has 0 atom stereocenters. The molecule has 0 heterocycles. The van der Waals surface area contributed by atoms with E-state index in [0.29, 0.717) is 12.6 Å². The first-order valence-corrected chi connectivity index (χ1v) is 7.98. The minimum Gasteiger partial charge on any atom is -0.396 e. The largest absolute Gasteiger partial charge is 0.396 e. The van der Waals surface area contributed by atoms with Crippen molar-refractivity contribution in [1.29, 1.82) is 0 Å². The highest BCUT2D eigenvalue weighted by molar-refractivity contribution is 4.86. The van der Waals surface area contributed by atoms with Crippen LogP contribution in [0, 0.1) is 5.41 Å². The molecule has 1 aliphatic carbocycles. The van der Waals surface area contributed by atoms with Gasteiger partial charge in [0.05, 0.1) is 0 Å². The Labute approximate surface area is 114 Å². The summed E-state index contributed by atoms with van der Waals surface area (Å²) < 4.78 is 0. The van der Waals surface area contributed by atoms with Gasteiger partial charge in [-0.1, -0.05) is 39.0 Å². The molecule has 1 saturated carbocycles. The summed E-state index contributed by atoms with van der Waals surface area (Å²) in [6, 6.07) is 0.604. The van der Waals surface area contributed by atoms with Crippen LogP contribution in [0.2, 0.25) is 0 Å². The predicted molar refractivity (Wildman–Crippen MR) is 78.8 cm³/mol. The molecule has 1 N–H and O–H groups in total. The zero-order chi connectivity index (χ0) is 13.4. The van der Waals surface area contributed by atoms with Crippen LogP contribution in [0.25, 0.3) is 0 Å². The van der Waals surface area contributed by atoms with Crippen molar-refractivity contribution in [3.63, 3.8) is 0 Å². The first-order valence-electron chi connectivity index (χ1n) is 7.98. The van der Waals surface area contributed by atoms with Crippen molar-refractivity contribution in [2.75, 3.05) is 19.7 Å². The number of hydrogen-bond acceptors (Lipinski definition) is 2. The predicted octanol–water partition coefficient (Wildman–Crippen LogP) is 3.83. The molecule has 0 amide bonds. The maximum atomic E-state index is 9.82. The molecule has 1 fully saturated rings. The lowest BCUT2D eigenvalue weighted by atomic mass is 9.74. The molecule has 18 heavy (non-hydrogen) atoms. The van der Waals surface area contributed by atoms with E-state index in [1.54, 1.807) is 0 Å². The molecule has 1 aliphatic rings. The molecular formula is C16H33NO. The highest BCUT2D eigenvalue weighted by atomic mass is 16.3. The number of nitrogens with zero attached hydrogens (tertiary/aromatic N) is 1. The van der Waals surface area contributed by atoms with Crippen molar-refractivity contribution in [2.45, 2.75) is 78.2 Å². The van der Waals surface area contributed by atoms with Crippen LogP contribution in [-0.4, -0.2) is 35.7 Å². The minimum atomic E-state index is 0.203. The quantitative estimate of drug-likeness (QED) is 0.666. The highest BCUT2D eigenvalue weighted by Crippen LogP contribution is 2.37. The molecule has 2 nitrogen and oxygen atoms in total. The molecule has 1 rings (SSSR count). The van der Waals surface area contributed by atoms with Crippen molar-refractivity contribution >= 4 is 0 Å². The van der Waals surface area contributed by atoms with Crippen LogP contribution in [0.1, 0.15) is 72.1 Å². The Hall–Kier alpha value is -0.0800. The van der Waals surface area contributed by atoms with Gasteiger partial charge in [0, 0.05) is 24.6 Å². The molecule has 0 aromatic carbocycles. The third kappa shape index (κ3) is 4.89. The van der Waals surface area contributed by atoms with Crippen LogP contribution >= 0.6 is 0 Å². The summed E-state index contributed by atoms with van der Waals surface area (Å²) >= 11 is 0. The van der Waals surface area contributed by atoms with Crippen LogP contribution in [-0.2, 0) is 0 Å². The number of aliphatic hydroxyl groups is 1. The summed E-state index contributed by atoms with van der Waals surface area (Å²) in [5.74, 6) is 0. The normalized spacial score (nSPS) is 19.7. The Morgan fingerprint density at radius 1 is 1.11 bits per heavy atom. The van der Waals surface area contributed by atoms with Gasteiger partial charge in [-0.05, 0) is 39.7 Å². The molecule has 0 radical (unpaired) electrons. The second-order valence-corrected chi connectivity index (χ2v) is 6.49. The van der Waals surface area contributed by atoms with Gasteiger partial charge < -0.3 is 10.0 Å². The molecule has 0 spiro atoms. The van der Waals surface area contributed by atoms with Crippen molar-refractivity contribution in [1.82, 2.24) is 4.90 Å². The highest BCUT2D eigenvalue weighted by Gasteiger charge is 2.33. The minimum absolute atomic E-state index is 0.203. The maximum absolute atomic E-state index is 9.82. The summed E-state index contributed by atoms with van der Waals surface area (Å²) in [6.45, 7) is 9.53. The van der Waals surface area contributed by atoms with Crippen molar-refractivity contribution < 1.29 is 5.11 Å². The molecule has 0 unspecified atom stereocenters. The molecule has 0 aliphatic heterocycles. The van der Waals surface area contributed by atoms with Crippen LogP contribution in [0.15, 0.2) is 0 Å². The van der Waals surface area contributed by atoms with Crippen LogP contribution in [0.5, 0.6) is 0 Å². The van der Waals surface area contributed by atoms with E-state index in [4.69, 9.17) is 0 Å². The van der Waals surface area contributed by atoms with Gasteiger partial charge in [0.2, 0.25) is 0 Å². The maximum Gasteiger partial charge on any atom is 0.0499 e. The monoisotopic (exact) mass is 255 g/mol. The zero-order valence-corrected chi connectivity index (χ0v) is 12.7. The molecule has 0 saturated heterocycles. The van der Waals surface area contributed by atoms with Gasteiger partial charge in [0.1, 0.15) is 0 Å². The van der Waals surface area contributed by atoms with Crippen molar-refractivity contribution in [3.05, 3.63) is 0 Å². The van der Waals surface area contributed by atoms with Gasteiger partial charge in [-0.25, -0.2) is 0 Å². The van der Waals surface area contributed by atoms with Crippen LogP contribution in [0.3, 0.4) is 0 Å². The van der Waals surface area contributed by atoms with E-state index in [1.807, 2.05) is 0 Å². The Balaban J connectivity index is 2.51. The molecule has 0 aromatic rings. The fourth-order valence-electron chi connectivity index (χ4n) is 3.18. The van der Waals surface area contributed by atoms with Crippen molar-refractivity contribution in [2.24, 2.45) is 5.41 Å². The average molecular weight is 255 g/mol. The lowest BCUT2D eigenvalue weighted by Gasteiger charge is -2.41. The number of unbranched alkanes of at least 4 members (excludes halogenated alkanes) is 2. The topological polar surface area (TPSA) is 23.5 Å². The second-order valence-electron chi connectivity index (χ2n) is 6.49. The Kier molecular flexibility index (Phi) is 7.25. The third-order valence-electron chi connectivity index (χ3n) is 4.57. The first kappa shape index (κ1) is 16.0. The second kappa shape index (κ2) is 8.16. The van der Waals surface area contributed by atoms with Crippen LogP contribution < -0.4 is 0 Å². The SMILES string of the molecule is CCCCCN(CC1(CO)CCCCC1)C(C)C. The van der Waals surface area contributed by atoms with E-state index < -0.39 is 0 Å². The Morgan fingerprint density at radius 2 is 1.78 bits per heavy atom. The Morgan fingerprint density at radius 3 is 2.28 bits per heavy atom. The number of hydrogen-bond donors (Lipinski definition) is 1. The molecule has 0 aromatic heterocycles. The lowest BCUT2D eigenvalue weighted by Crippen LogP contribution is -2.44. The average Bonchev–Trinajstić information content (AvgIpc) is 2.39.